The van der Waals surface area contributed by atoms with Gasteiger partial charge in [-0.2, -0.15) is 0 Å². The van der Waals surface area contributed by atoms with Crippen LogP contribution in [0.1, 0.15) is 62.0 Å². The van der Waals surface area contributed by atoms with E-state index in [1.54, 1.807) is 26.4 Å². The molecule has 0 saturated heterocycles. The number of rotatable bonds is 6. The maximum Gasteiger partial charge on any atom is 0.348 e. The van der Waals surface area contributed by atoms with Crippen LogP contribution in [0.5, 0.6) is 46.0 Å². The van der Waals surface area contributed by atoms with Crippen LogP contribution in [0.3, 0.4) is 0 Å². The average Bonchev–Trinajstić information content (AvgIpc) is 3.52. The lowest BCUT2D eigenvalue weighted by Crippen LogP contribution is -2.28. The van der Waals surface area contributed by atoms with Crippen molar-refractivity contribution in [2.75, 3.05) is 27.9 Å². The summed E-state index contributed by atoms with van der Waals surface area (Å²) in [5.41, 5.74) is 4.11. The Labute approximate surface area is 307 Å². The second-order valence-electron chi connectivity index (χ2n) is 13.9. The molecule has 3 aliphatic rings. The SMILES string of the molecule is COc1c(CC=C(C)C)c2c(c3oc(=O)c(-c4ccc(O)cc4)c(O)c13)C=CC(C)(C)O2.COc1ccc2c(c1)OC1c3ccc(OC)cc3OCC21. The van der Waals surface area contributed by atoms with Crippen molar-refractivity contribution >= 4 is 17.0 Å². The molecule has 274 valence electrons. The summed E-state index contributed by atoms with van der Waals surface area (Å²) in [6, 6.07) is 17.8. The highest BCUT2D eigenvalue weighted by Crippen LogP contribution is 2.53. The van der Waals surface area contributed by atoms with Crippen molar-refractivity contribution < 1.29 is 43.1 Å². The lowest BCUT2D eigenvalue weighted by Gasteiger charge is -2.31. The van der Waals surface area contributed by atoms with Gasteiger partial charge in [-0.25, -0.2) is 4.79 Å². The monoisotopic (exact) mass is 718 g/mol. The van der Waals surface area contributed by atoms with Crippen molar-refractivity contribution in [2.24, 2.45) is 0 Å². The topological polar surface area (TPSA) is 126 Å². The standard InChI is InChI=1S/C26H26O6.C17H16O4/c1-14(2)6-11-17-22-18(12-13-26(3,4)32-22)24-20(23(17)30-5)21(28)19(25(29)31-24)15-7-9-16(27)10-8-15;1-18-10-4-6-13-15(7-10)20-9-14-12-5-3-11(19-2)8-16(12)21-17(13)14/h6-10,12-13,27-28H,11H2,1-5H3;3-8,14,17H,9H2,1-2H3. The minimum absolute atomic E-state index is 0.00163. The van der Waals surface area contributed by atoms with E-state index in [1.807, 2.05) is 70.2 Å². The van der Waals surface area contributed by atoms with Gasteiger partial charge in [0.15, 0.2) is 5.58 Å². The quantitative estimate of drug-likeness (QED) is 0.130. The van der Waals surface area contributed by atoms with Gasteiger partial charge in [-0.05, 0) is 82.2 Å². The van der Waals surface area contributed by atoms with Crippen molar-refractivity contribution in [1.82, 2.24) is 0 Å². The van der Waals surface area contributed by atoms with Gasteiger partial charge in [-0.1, -0.05) is 29.8 Å². The van der Waals surface area contributed by atoms with E-state index in [0.29, 0.717) is 41.0 Å². The van der Waals surface area contributed by atoms with E-state index in [0.717, 1.165) is 39.7 Å². The van der Waals surface area contributed by atoms with Crippen molar-refractivity contribution in [1.29, 1.82) is 0 Å². The number of ether oxygens (including phenoxy) is 6. The first kappa shape index (κ1) is 35.4. The van der Waals surface area contributed by atoms with E-state index in [4.69, 9.17) is 32.8 Å². The molecule has 0 bridgehead atoms. The normalized spacial score (nSPS) is 17.0. The Morgan fingerprint density at radius 1 is 0.906 bits per heavy atom. The van der Waals surface area contributed by atoms with Crippen LogP contribution in [0.25, 0.3) is 28.2 Å². The number of hydrogen-bond acceptors (Lipinski definition) is 10. The predicted molar refractivity (Wildman–Crippen MR) is 202 cm³/mol. The first-order valence-electron chi connectivity index (χ1n) is 17.3. The minimum atomic E-state index is -0.694. The molecule has 4 heterocycles. The highest BCUT2D eigenvalue weighted by atomic mass is 16.5. The summed E-state index contributed by atoms with van der Waals surface area (Å²) in [6.07, 6.45) is 6.31. The van der Waals surface area contributed by atoms with Crippen LogP contribution in [-0.4, -0.2) is 43.8 Å². The number of allylic oxidation sites excluding steroid dienone is 2. The Balaban J connectivity index is 0.000000178. The molecule has 2 atom stereocenters. The Kier molecular flexibility index (Phi) is 9.24. The van der Waals surface area contributed by atoms with Crippen LogP contribution < -0.4 is 34.0 Å². The number of fused-ring (bicyclic) bond motifs is 8. The summed E-state index contributed by atoms with van der Waals surface area (Å²) in [5, 5.41) is 21.2. The van der Waals surface area contributed by atoms with Crippen molar-refractivity contribution in [2.45, 2.75) is 51.7 Å². The van der Waals surface area contributed by atoms with Gasteiger partial charge in [0, 0.05) is 28.8 Å². The third kappa shape index (κ3) is 6.50. The fraction of sp³-hybridized carbons (Fsp3) is 0.279. The minimum Gasteiger partial charge on any atom is -0.508 e. The highest BCUT2D eigenvalue weighted by molar-refractivity contribution is 6.02. The predicted octanol–water partition coefficient (Wildman–Crippen LogP) is 8.89. The van der Waals surface area contributed by atoms with Gasteiger partial charge in [-0.15, -0.1) is 0 Å². The van der Waals surface area contributed by atoms with Gasteiger partial charge < -0.3 is 43.1 Å². The van der Waals surface area contributed by atoms with E-state index in [9.17, 15) is 15.0 Å². The average molecular weight is 719 g/mol. The molecule has 0 aliphatic carbocycles. The lowest BCUT2D eigenvalue weighted by atomic mass is 9.89. The molecule has 0 amide bonds. The summed E-state index contributed by atoms with van der Waals surface area (Å²) >= 11 is 0. The number of hydrogen-bond donors (Lipinski definition) is 2. The summed E-state index contributed by atoms with van der Waals surface area (Å²) in [4.78, 5) is 12.9. The van der Waals surface area contributed by atoms with Crippen molar-refractivity contribution in [3.63, 3.8) is 0 Å². The third-order valence-corrected chi connectivity index (χ3v) is 9.64. The third-order valence-electron chi connectivity index (χ3n) is 9.64. The van der Waals surface area contributed by atoms with Crippen LogP contribution in [-0.2, 0) is 6.42 Å². The molecule has 2 unspecified atom stereocenters. The zero-order chi connectivity index (χ0) is 37.6. The van der Waals surface area contributed by atoms with Gasteiger partial charge in [0.25, 0.3) is 0 Å². The molecule has 4 aromatic carbocycles. The van der Waals surface area contributed by atoms with Crippen LogP contribution in [0.4, 0.5) is 0 Å². The van der Waals surface area contributed by atoms with Gasteiger partial charge in [0.1, 0.15) is 68.7 Å². The van der Waals surface area contributed by atoms with Crippen LogP contribution in [0.15, 0.2) is 87.6 Å². The van der Waals surface area contributed by atoms with E-state index in [2.05, 4.69) is 12.1 Å². The number of benzene rings is 4. The smallest absolute Gasteiger partial charge is 0.348 e. The Bertz CT molecular complexity index is 2330. The summed E-state index contributed by atoms with van der Waals surface area (Å²) in [6.45, 7) is 8.50. The molecule has 10 nitrogen and oxygen atoms in total. The van der Waals surface area contributed by atoms with Crippen LogP contribution in [0, 0.1) is 0 Å². The largest absolute Gasteiger partial charge is 0.508 e. The molecule has 0 fully saturated rings. The van der Waals surface area contributed by atoms with Gasteiger partial charge in [0.05, 0.1) is 39.4 Å². The van der Waals surface area contributed by atoms with Crippen LogP contribution in [0.2, 0.25) is 0 Å². The Morgan fingerprint density at radius 3 is 2.25 bits per heavy atom. The first-order valence-corrected chi connectivity index (χ1v) is 17.3. The van der Waals surface area contributed by atoms with Gasteiger partial charge in [0.2, 0.25) is 0 Å². The Morgan fingerprint density at radius 2 is 1.58 bits per heavy atom. The molecule has 5 aromatic rings. The molecule has 0 spiro atoms. The van der Waals surface area contributed by atoms with Gasteiger partial charge >= 0.3 is 5.63 Å². The molecule has 3 aliphatic heterocycles. The van der Waals surface area contributed by atoms with E-state index in [1.165, 1.54) is 24.8 Å². The van der Waals surface area contributed by atoms with Crippen molar-refractivity contribution in [3.05, 3.63) is 111 Å². The second-order valence-corrected chi connectivity index (χ2v) is 13.9. The van der Waals surface area contributed by atoms with E-state index < -0.39 is 11.2 Å². The zero-order valence-electron chi connectivity index (χ0n) is 30.7. The maximum atomic E-state index is 12.9. The molecule has 0 saturated carbocycles. The second kappa shape index (κ2) is 13.8. The van der Waals surface area contributed by atoms with E-state index >= 15 is 0 Å². The molecule has 1 aromatic heterocycles. The fourth-order valence-corrected chi connectivity index (χ4v) is 6.96. The number of phenols is 1. The summed E-state index contributed by atoms with van der Waals surface area (Å²) in [5.74, 6) is 4.34. The first-order chi connectivity index (χ1) is 25.4. The van der Waals surface area contributed by atoms with E-state index in [-0.39, 0.29) is 34.7 Å². The Hall–Kier alpha value is -6.03. The summed E-state index contributed by atoms with van der Waals surface area (Å²) < 4.78 is 40.3. The molecule has 53 heavy (non-hydrogen) atoms. The number of phenolic OH excluding ortho intramolecular Hbond substituents is 1. The van der Waals surface area contributed by atoms with Gasteiger partial charge in [-0.3, -0.25) is 0 Å². The molecule has 2 N–H and O–H groups in total. The van der Waals surface area contributed by atoms with Crippen LogP contribution >= 0.6 is 0 Å². The molecular weight excluding hydrogens is 676 g/mol. The zero-order valence-corrected chi connectivity index (χ0v) is 30.7. The number of aromatic hydroxyl groups is 2. The molecule has 8 rings (SSSR count). The summed E-state index contributed by atoms with van der Waals surface area (Å²) in [7, 11) is 4.83. The fourth-order valence-electron chi connectivity index (χ4n) is 6.96. The van der Waals surface area contributed by atoms with Crippen molar-refractivity contribution in [3.8, 4) is 57.1 Å². The molecule has 0 radical (unpaired) electrons. The maximum absolute atomic E-state index is 12.9. The molecule has 10 heteroatoms. The number of methoxy groups -OCH3 is 3. The lowest BCUT2D eigenvalue weighted by molar-refractivity contribution is 0.139. The highest BCUT2D eigenvalue weighted by Gasteiger charge is 2.41. The molecular formula is C43H42O10.